The van der Waals surface area contributed by atoms with Crippen molar-refractivity contribution in [3.63, 3.8) is 0 Å². The summed E-state index contributed by atoms with van der Waals surface area (Å²) in [5, 5.41) is 21.8. The van der Waals surface area contributed by atoms with Crippen LogP contribution in [0.25, 0.3) is 10.8 Å². The summed E-state index contributed by atoms with van der Waals surface area (Å²) in [7, 11) is 0.415. The third-order valence-corrected chi connectivity index (χ3v) is 6.45. The second-order valence-corrected chi connectivity index (χ2v) is 8.02. The van der Waals surface area contributed by atoms with Crippen LogP contribution in [-0.4, -0.2) is 33.4 Å². The van der Waals surface area contributed by atoms with Crippen LogP contribution < -0.4 is 0 Å². The summed E-state index contributed by atoms with van der Waals surface area (Å²) in [5.74, 6) is -1.10. The van der Waals surface area contributed by atoms with E-state index in [4.69, 9.17) is 5.11 Å². The Labute approximate surface area is 136 Å². The van der Waals surface area contributed by atoms with Crippen molar-refractivity contribution >= 4 is 37.1 Å². The minimum atomic E-state index is -1.56. The van der Waals surface area contributed by atoms with Gasteiger partial charge in [0.05, 0.1) is 0 Å². The van der Waals surface area contributed by atoms with Gasteiger partial charge in [0, 0.05) is 16.6 Å². The zero-order chi connectivity index (χ0) is 16.0. The number of benzene rings is 2. The fourth-order valence-electron chi connectivity index (χ4n) is 2.39. The predicted molar refractivity (Wildman–Crippen MR) is 95.3 cm³/mol. The number of carboxylic acids is 1. The molecule has 0 radical (unpaired) electrons. The maximum atomic E-state index is 11.2. The summed E-state index contributed by atoms with van der Waals surface area (Å²) < 4.78 is 0. The average molecular weight is 336 g/mol. The van der Waals surface area contributed by atoms with Crippen LogP contribution in [0.1, 0.15) is 19.8 Å². The van der Waals surface area contributed by atoms with Crippen LogP contribution in [0.3, 0.4) is 0 Å². The lowest BCUT2D eigenvalue weighted by atomic mass is 10.0. The number of carbonyl (C=O) groups is 1. The summed E-state index contributed by atoms with van der Waals surface area (Å²) in [5.41, 5.74) is -0.736. The molecule has 0 fully saturated rings. The molecule has 0 aliphatic carbocycles. The molecule has 2 aromatic rings. The molecule has 0 aliphatic rings. The molecule has 0 heterocycles. The third kappa shape index (κ3) is 4.22. The van der Waals surface area contributed by atoms with E-state index in [1.807, 2.05) is 25.1 Å². The van der Waals surface area contributed by atoms with Gasteiger partial charge in [0.1, 0.15) is 0 Å². The van der Waals surface area contributed by atoms with Gasteiger partial charge >= 0.3 is 5.97 Å². The Morgan fingerprint density at radius 3 is 2.68 bits per heavy atom. The first-order valence-corrected chi connectivity index (χ1v) is 9.74. The number of aliphatic carboxylic acids is 1. The SMILES string of the molecule is CCCC(O)(CPCSc1cccc2ccccc12)C(=O)O. The van der Waals surface area contributed by atoms with Crippen LogP contribution in [0.4, 0.5) is 0 Å². The predicted octanol–water partition coefficient (Wildman–Crippen LogP) is 4.18. The van der Waals surface area contributed by atoms with Gasteiger partial charge in [-0.25, -0.2) is 4.79 Å². The number of thioether (sulfide) groups is 1. The van der Waals surface area contributed by atoms with Gasteiger partial charge in [-0.3, -0.25) is 0 Å². The van der Waals surface area contributed by atoms with Crippen molar-refractivity contribution in [2.75, 3.05) is 11.7 Å². The van der Waals surface area contributed by atoms with E-state index in [9.17, 15) is 9.90 Å². The minimum absolute atomic E-state index is 0.314. The van der Waals surface area contributed by atoms with E-state index < -0.39 is 11.6 Å². The van der Waals surface area contributed by atoms with Gasteiger partial charge in [0.2, 0.25) is 0 Å². The molecule has 2 aromatic carbocycles. The zero-order valence-electron chi connectivity index (χ0n) is 12.6. The Hall–Kier alpha value is -1.09. The molecule has 2 rings (SSSR count). The third-order valence-electron chi connectivity index (χ3n) is 3.56. The molecule has 5 heteroatoms. The Bertz CT molecular complexity index is 641. The highest BCUT2D eigenvalue weighted by Gasteiger charge is 2.34. The van der Waals surface area contributed by atoms with Gasteiger partial charge < -0.3 is 10.2 Å². The van der Waals surface area contributed by atoms with Crippen LogP contribution in [-0.2, 0) is 4.79 Å². The second kappa shape index (κ2) is 7.96. The lowest BCUT2D eigenvalue weighted by molar-refractivity contribution is -0.156. The van der Waals surface area contributed by atoms with Gasteiger partial charge in [0.15, 0.2) is 5.60 Å². The number of carboxylic acid groups (broad SMARTS) is 1. The fourth-order valence-corrected chi connectivity index (χ4v) is 5.09. The van der Waals surface area contributed by atoms with Crippen molar-refractivity contribution in [1.29, 1.82) is 0 Å². The topological polar surface area (TPSA) is 57.5 Å². The fraction of sp³-hybridized carbons (Fsp3) is 0.353. The molecule has 2 unspecified atom stereocenters. The molecule has 22 heavy (non-hydrogen) atoms. The highest BCUT2D eigenvalue weighted by Crippen LogP contribution is 2.34. The van der Waals surface area contributed by atoms with Crippen LogP contribution in [0.5, 0.6) is 0 Å². The van der Waals surface area contributed by atoms with E-state index in [2.05, 4.69) is 24.3 Å². The first-order chi connectivity index (χ1) is 10.6. The normalized spacial score (nSPS) is 14.5. The molecule has 0 amide bonds. The molecule has 3 nitrogen and oxygen atoms in total. The molecule has 0 saturated heterocycles. The van der Waals surface area contributed by atoms with E-state index in [-0.39, 0.29) is 0 Å². The minimum Gasteiger partial charge on any atom is -0.479 e. The molecule has 0 spiro atoms. The van der Waals surface area contributed by atoms with Crippen molar-refractivity contribution in [2.24, 2.45) is 0 Å². The van der Waals surface area contributed by atoms with Gasteiger partial charge in [-0.05, 0) is 23.3 Å². The number of aliphatic hydroxyl groups is 1. The molecule has 0 saturated carbocycles. The lowest BCUT2D eigenvalue weighted by Gasteiger charge is -2.22. The zero-order valence-corrected chi connectivity index (χ0v) is 14.4. The Kier molecular flexibility index (Phi) is 6.25. The molecule has 0 bridgehead atoms. The van der Waals surface area contributed by atoms with E-state index in [1.54, 1.807) is 11.8 Å². The van der Waals surface area contributed by atoms with Crippen LogP contribution in [0.15, 0.2) is 47.4 Å². The monoisotopic (exact) mass is 336 g/mol. The quantitative estimate of drug-likeness (QED) is 0.431. The number of fused-ring (bicyclic) bond motifs is 1. The number of hydrogen-bond donors (Lipinski definition) is 2. The summed E-state index contributed by atoms with van der Waals surface area (Å²) in [6.07, 6.45) is 1.31. The highest BCUT2D eigenvalue weighted by atomic mass is 32.2. The highest BCUT2D eigenvalue weighted by molar-refractivity contribution is 8.03. The van der Waals surface area contributed by atoms with Gasteiger partial charge in [-0.2, -0.15) is 0 Å². The largest absolute Gasteiger partial charge is 0.479 e. The molecular formula is C17H21O3PS. The van der Waals surface area contributed by atoms with E-state index >= 15 is 0 Å². The smallest absolute Gasteiger partial charge is 0.336 e. The van der Waals surface area contributed by atoms with Gasteiger partial charge in [-0.1, -0.05) is 49.7 Å². The van der Waals surface area contributed by atoms with E-state index in [0.717, 1.165) is 5.49 Å². The standard InChI is InChI=1S/C17H21O3PS/c1-2-10-17(20,16(18)19)11-21-12-22-15-9-5-7-13-6-3-4-8-14(13)15/h3-9,20-21H,2,10-12H2,1H3,(H,18,19). The summed E-state index contributed by atoms with van der Waals surface area (Å²) in [6, 6.07) is 14.5. The first-order valence-electron chi connectivity index (χ1n) is 7.34. The average Bonchev–Trinajstić information content (AvgIpc) is 2.52. The first kappa shape index (κ1) is 17.3. The van der Waals surface area contributed by atoms with Crippen LogP contribution in [0, 0.1) is 0 Å². The molecule has 0 aromatic heterocycles. The van der Waals surface area contributed by atoms with Gasteiger partial charge in [0.25, 0.3) is 0 Å². The van der Waals surface area contributed by atoms with Crippen molar-refractivity contribution in [2.45, 2.75) is 30.3 Å². The van der Waals surface area contributed by atoms with Gasteiger partial charge in [-0.15, -0.1) is 20.3 Å². The van der Waals surface area contributed by atoms with Crippen molar-refractivity contribution in [1.82, 2.24) is 0 Å². The Morgan fingerprint density at radius 2 is 1.95 bits per heavy atom. The van der Waals surface area contributed by atoms with Crippen molar-refractivity contribution in [3.05, 3.63) is 42.5 Å². The summed E-state index contributed by atoms with van der Waals surface area (Å²) in [6.45, 7) is 1.89. The lowest BCUT2D eigenvalue weighted by Crippen LogP contribution is -2.40. The Morgan fingerprint density at radius 1 is 1.23 bits per heavy atom. The Balaban J connectivity index is 1.94. The maximum absolute atomic E-state index is 11.2. The number of hydrogen-bond acceptors (Lipinski definition) is 3. The van der Waals surface area contributed by atoms with Crippen LogP contribution >= 0.6 is 20.3 Å². The molecular weight excluding hydrogens is 315 g/mol. The summed E-state index contributed by atoms with van der Waals surface area (Å²) in [4.78, 5) is 12.4. The molecule has 118 valence electrons. The van der Waals surface area contributed by atoms with E-state index in [0.29, 0.717) is 27.6 Å². The molecule has 2 N–H and O–H groups in total. The second-order valence-electron chi connectivity index (χ2n) is 5.28. The maximum Gasteiger partial charge on any atom is 0.336 e. The van der Waals surface area contributed by atoms with E-state index in [1.165, 1.54) is 15.7 Å². The van der Waals surface area contributed by atoms with Crippen LogP contribution in [0.2, 0.25) is 0 Å². The van der Waals surface area contributed by atoms with Crippen molar-refractivity contribution in [3.8, 4) is 0 Å². The molecule has 2 atom stereocenters. The molecule has 0 aliphatic heterocycles. The summed E-state index contributed by atoms with van der Waals surface area (Å²) >= 11 is 1.73. The van der Waals surface area contributed by atoms with Crippen molar-refractivity contribution < 1.29 is 15.0 Å². The number of rotatable bonds is 8.